The quantitative estimate of drug-likeness (QED) is 0.468. The molecular formula is C13H17FN2O4S. The zero-order valence-corrected chi connectivity index (χ0v) is 12.6. The molecule has 0 heterocycles. The summed E-state index contributed by atoms with van der Waals surface area (Å²) < 4.78 is 39.6. The topological polar surface area (TPSA) is 84.8 Å². The third-order valence-electron chi connectivity index (χ3n) is 2.55. The number of ether oxygens (including phenoxy) is 1. The normalized spacial score (nSPS) is 12.0. The molecule has 1 aromatic rings. The molecule has 1 rings (SSSR count). The van der Waals surface area contributed by atoms with E-state index in [0.717, 1.165) is 6.26 Å². The van der Waals surface area contributed by atoms with Crippen LogP contribution in [0.4, 0.5) is 4.39 Å². The molecule has 0 fully saturated rings. The van der Waals surface area contributed by atoms with Crippen molar-refractivity contribution < 1.29 is 22.3 Å². The first-order valence-corrected chi connectivity index (χ1v) is 8.07. The van der Waals surface area contributed by atoms with Crippen molar-refractivity contribution in [3.05, 3.63) is 35.6 Å². The maximum Gasteiger partial charge on any atom is 0.305 e. The van der Waals surface area contributed by atoms with Gasteiger partial charge in [-0.25, -0.2) is 17.6 Å². The molecule has 0 aliphatic carbocycles. The Morgan fingerprint density at radius 1 is 1.29 bits per heavy atom. The molecular weight excluding hydrogens is 299 g/mol. The second kappa shape index (κ2) is 7.72. The Kier molecular flexibility index (Phi) is 6.29. The molecule has 0 aliphatic heterocycles. The van der Waals surface area contributed by atoms with Gasteiger partial charge in [0.15, 0.2) is 0 Å². The van der Waals surface area contributed by atoms with E-state index in [0.29, 0.717) is 24.1 Å². The van der Waals surface area contributed by atoms with Crippen LogP contribution in [0.3, 0.4) is 0 Å². The number of hydrogen-bond donors (Lipinski definition) is 1. The number of methoxy groups -OCH3 is 1. The van der Waals surface area contributed by atoms with Crippen LogP contribution in [-0.2, 0) is 19.6 Å². The van der Waals surface area contributed by atoms with E-state index in [1.807, 2.05) is 4.83 Å². The van der Waals surface area contributed by atoms with Crippen molar-refractivity contribution in [3.8, 4) is 0 Å². The van der Waals surface area contributed by atoms with Gasteiger partial charge in [-0.05, 0) is 30.5 Å². The number of benzene rings is 1. The Hall–Kier alpha value is -1.96. The number of sulfonamides is 1. The summed E-state index contributed by atoms with van der Waals surface area (Å²) in [7, 11) is -2.19. The average molecular weight is 316 g/mol. The van der Waals surface area contributed by atoms with Crippen LogP contribution in [0.5, 0.6) is 0 Å². The first-order valence-electron chi connectivity index (χ1n) is 6.18. The highest BCUT2D eigenvalue weighted by molar-refractivity contribution is 7.88. The summed E-state index contributed by atoms with van der Waals surface area (Å²) in [6, 6.07) is 5.50. The summed E-state index contributed by atoms with van der Waals surface area (Å²) in [5, 5.41) is 3.82. The minimum absolute atomic E-state index is 0.190. The Balaban J connectivity index is 2.84. The van der Waals surface area contributed by atoms with Gasteiger partial charge in [0.2, 0.25) is 10.0 Å². The standard InChI is InChI=1S/C13H17FN2O4S/c1-20-13(17)5-3-4-12(15-16-21(2,18)19)10-6-8-11(14)9-7-10/h6-9,16H,3-5H2,1-2H3. The molecule has 0 atom stereocenters. The number of halogens is 1. The van der Waals surface area contributed by atoms with Crippen LogP contribution in [0, 0.1) is 5.82 Å². The molecule has 0 amide bonds. The van der Waals surface area contributed by atoms with Gasteiger partial charge < -0.3 is 4.74 Å². The predicted molar refractivity (Wildman–Crippen MR) is 76.8 cm³/mol. The van der Waals surface area contributed by atoms with Crippen LogP contribution in [-0.4, -0.2) is 33.5 Å². The lowest BCUT2D eigenvalue weighted by Gasteiger charge is -2.07. The zero-order valence-electron chi connectivity index (χ0n) is 11.8. The minimum Gasteiger partial charge on any atom is -0.469 e. The van der Waals surface area contributed by atoms with Crippen LogP contribution in [0.25, 0.3) is 0 Å². The van der Waals surface area contributed by atoms with Gasteiger partial charge in [-0.3, -0.25) is 4.79 Å². The van der Waals surface area contributed by atoms with Crippen LogP contribution in [0.1, 0.15) is 24.8 Å². The van der Waals surface area contributed by atoms with Gasteiger partial charge in [0, 0.05) is 6.42 Å². The Morgan fingerprint density at radius 2 is 1.90 bits per heavy atom. The summed E-state index contributed by atoms with van der Waals surface area (Å²) in [5.74, 6) is -0.756. The van der Waals surface area contributed by atoms with E-state index in [1.165, 1.54) is 31.4 Å². The van der Waals surface area contributed by atoms with Crippen LogP contribution in [0.2, 0.25) is 0 Å². The number of esters is 1. The van der Waals surface area contributed by atoms with Gasteiger partial charge in [-0.15, -0.1) is 0 Å². The van der Waals surface area contributed by atoms with E-state index in [4.69, 9.17) is 0 Å². The fourth-order valence-corrected chi connectivity index (χ4v) is 1.82. The molecule has 0 aromatic heterocycles. The second-order valence-corrected chi connectivity index (χ2v) is 6.09. The van der Waals surface area contributed by atoms with Gasteiger partial charge in [0.1, 0.15) is 5.82 Å². The highest BCUT2D eigenvalue weighted by Crippen LogP contribution is 2.10. The Labute approximate surface area is 123 Å². The SMILES string of the molecule is COC(=O)CCCC(=NNS(C)(=O)=O)c1ccc(F)cc1. The van der Waals surface area contributed by atoms with E-state index in [2.05, 4.69) is 9.84 Å². The van der Waals surface area contributed by atoms with Gasteiger partial charge in [-0.2, -0.15) is 5.10 Å². The van der Waals surface area contributed by atoms with Crippen molar-refractivity contribution in [2.24, 2.45) is 5.10 Å². The molecule has 0 saturated carbocycles. The minimum atomic E-state index is -3.48. The van der Waals surface area contributed by atoms with E-state index in [9.17, 15) is 17.6 Å². The van der Waals surface area contributed by atoms with Crippen molar-refractivity contribution in [2.45, 2.75) is 19.3 Å². The third-order valence-corrected chi connectivity index (χ3v) is 2.97. The van der Waals surface area contributed by atoms with Crippen LogP contribution in [0.15, 0.2) is 29.4 Å². The number of carbonyl (C=O) groups is 1. The van der Waals surface area contributed by atoms with Gasteiger partial charge in [0.05, 0.1) is 19.1 Å². The van der Waals surface area contributed by atoms with Crippen molar-refractivity contribution in [3.63, 3.8) is 0 Å². The zero-order chi connectivity index (χ0) is 15.9. The Bertz CT molecular complexity index is 612. The molecule has 1 aromatic carbocycles. The van der Waals surface area contributed by atoms with E-state index < -0.39 is 15.8 Å². The van der Waals surface area contributed by atoms with Gasteiger partial charge in [0.25, 0.3) is 0 Å². The van der Waals surface area contributed by atoms with E-state index in [-0.39, 0.29) is 12.4 Å². The summed E-state index contributed by atoms with van der Waals surface area (Å²) in [6.07, 6.45) is 1.96. The molecule has 0 saturated heterocycles. The molecule has 0 aliphatic rings. The lowest BCUT2D eigenvalue weighted by molar-refractivity contribution is -0.140. The molecule has 0 spiro atoms. The molecule has 116 valence electrons. The molecule has 1 N–H and O–H groups in total. The maximum absolute atomic E-state index is 12.9. The number of hydrazone groups is 1. The average Bonchev–Trinajstić information content (AvgIpc) is 2.42. The van der Waals surface area contributed by atoms with E-state index >= 15 is 0 Å². The summed E-state index contributed by atoms with van der Waals surface area (Å²) >= 11 is 0. The number of carbonyl (C=O) groups excluding carboxylic acids is 1. The van der Waals surface area contributed by atoms with Crippen molar-refractivity contribution in [1.29, 1.82) is 0 Å². The molecule has 0 radical (unpaired) electrons. The lowest BCUT2D eigenvalue weighted by Crippen LogP contribution is -2.19. The summed E-state index contributed by atoms with van der Waals surface area (Å²) in [6.45, 7) is 0. The van der Waals surface area contributed by atoms with Crippen LogP contribution < -0.4 is 4.83 Å². The monoisotopic (exact) mass is 316 g/mol. The van der Waals surface area contributed by atoms with E-state index in [1.54, 1.807) is 0 Å². The molecule has 8 heteroatoms. The number of nitrogens with zero attached hydrogens (tertiary/aromatic N) is 1. The number of rotatable bonds is 7. The highest BCUT2D eigenvalue weighted by Gasteiger charge is 2.08. The van der Waals surface area contributed by atoms with Crippen molar-refractivity contribution in [1.82, 2.24) is 4.83 Å². The highest BCUT2D eigenvalue weighted by atomic mass is 32.2. The Morgan fingerprint density at radius 3 is 2.43 bits per heavy atom. The summed E-state index contributed by atoms with van der Waals surface area (Å²) in [4.78, 5) is 13.1. The van der Waals surface area contributed by atoms with Crippen molar-refractivity contribution in [2.75, 3.05) is 13.4 Å². The third kappa shape index (κ3) is 6.84. The van der Waals surface area contributed by atoms with Gasteiger partial charge in [-0.1, -0.05) is 12.1 Å². The molecule has 21 heavy (non-hydrogen) atoms. The fraction of sp³-hybridized carbons (Fsp3) is 0.385. The fourth-order valence-electron chi connectivity index (χ4n) is 1.55. The van der Waals surface area contributed by atoms with Gasteiger partial charge >= 0.3 is 5.97 Å². The van der Waals surface area contributed by atoms with Crippen molar-refractivity contribution >= 4 is 21.7 Å². The molecule has 6 nitrogen and oxygen atoms in total. The first kappa shape index (κ1) is 17.1. The molecule has 0 unspecified atom stereocenters. The lowest BCUT2D eigenvalue weighted by atomic mass is 10.0. The van der Waals surface area contributed by atoms with Crippen LogP contribution >= 0.6 is 0 Å². The first-order chi connectivity index (χ1) is 9.81. The predicted octanol–water partition coefficient (Wildman–Crippen LogP) is 1.42. The number of hydrogen-bond acceptors (Lipinski definition) is 5. The second-order valence-electron chi connectivity index (χ2n) is 4.36. The smallest absolute Gasteiger partial charge is 0.305 e. The largest absolute Gasteiger partial charge is 0.469 e. The number of nitrogens with one attached hydrogen (secondary N) is 1. The summed E-state index contributed by atoms with van der Waals surface area (Å²) in [5.41, 5.74) is 1.00. The maximum atomic E-state index is 12.9. The molecule has 0 bridgehead atoms.